The topological polar surface area (TPSA) is 71.1 Å². The van der Waals surface area contributed by atoms with Crippen LogP contribution in [0.15, 0.2) is 47.8 Å². The molecule has 2 aromatic carbocycles. The van der Waals surface area contributed by atoms with Crippen LogP contribution in [0.4, 0.5) is 13.9 Å². The second kappa shape index (κ2) is 8.90. The second-order valence-electron chi connectivity index (χ2n) is 5.70. The van der Waals surface area contributed by atoms with Gasteiger partial charge in [-0.25, -0.2) is 13.8 Å². The zero-order chi connectivity index (χ0) is 20.1. The van der Waals surface area contributed by atoms with E-state index in [1.807, 2.05) is 0 Å². The van der Waals surface area contributed by atoms with E-state index < -0.39 is 11.6 Å². The average Bonchev–Trinajstić information content (AvgIpc) is 3.12. The van der Waals surface area contributed by atoms with Crippen molar-refractivity contribution >= 4 is 39.9 Å². The largest absolute Gasteiger partial charge is 0.351 e. The Morgan fingerprint density at radius 3 is 2.71 bits per heavy atom. The molecule has 0 radical (unpaired) electrons. The molecule has 0 aliphatic rings. The summed E-state index contributed by atoms with van der Waals surface area (Å²) < 4.78 is 27.1. The second-order valence-corrected chi connectivity index (χ2v) is 6.96. The van der Waals surface area contributed by atoms with E-state index in [1.54, 1.807) is 24.3 Å². The van der Waals surface area contributed by atoms with E-state index in [0.29, 0.717) is 10.6 Å². The number of amides is 2. The molecule has 3 rings (SSSR count). The molecule has 1 heterocycles. The summed E-state index contributed by atoms with van der Waals surface area (Å²) in [6.45, 7) is 0.104. The Labute approximate surface area is 168 Å². The van der Waals surface area contributed by atoms with Crippen LogP contribution in [0, 0.1) is 11.6 Å². The van der Waals surface area contributed by atoms with E-state index in [0.717, 1.165) is 29.5 Å². The zero-order valence-electron chi connectivity index (χ0n) is 14.3. The fourth-order valence-corrected chi connectivity index (χ4v) is 3.31. The van der Waals surface area contributed by atoms with E-state index in [1.165, 1.54) is 5.38 Å². The molecule has 0 fully saturated rings. The summed E-state index contributed by atoms with van der Waals surface area (Å²) >= 11 is 7.03. The molecular formula is C19H14ClF2N3O2S. The van der Waals surface area contributed by atoms with Gasteiger partial charge in [-0.3, -0.25) is 9.59 Å². The minimum atomic E-state index is -0.605. The number of carbonyl (C=O) groups excluding carboxylic acids is 2. The highest BCUT2D eigenvalue weighted by atomic mass is 35.5. The molecule has 0 spiro atoms. The van der Waals surface area contributed by atoms with Crippen LogP contribution in [0.2, 0.25) is 5.02 Å². The first-order chi connectivity index (χ1) is 13.4. The van der Waals surface area contributed by atoms with Crippen molar-refractivity contribution in [2.75, 3.05) is 11.9 Å². The molecule has 144 valence electrons. The highest BCUT2D eigenvalue weighted by Crippen LogP contribution is 2.27. The Kier molecular flexibility index (Phi) is 6.33. The van der Waals surface area contributed by atoms with E-state index in [4.69, 9.17) is 11.6 Å². The maximum absolute atomic E-state index is 13.8. The van der Waals surface area contributed by atoms with Crippen LogP contribution in [0.3, 0.4) is 0 Å². The predicted octanol–water partition coefficient (Wildman–Crippen LogP) is 4.50. The van der Waals surface area contributed by atoms with Crippen LogP contribution >= 0.6 is 22.9 Å². The van der Waals surface area contributed by atoms with Gasteiger partial charge in [-0.05, 0) is 30.3 Å². The van der Waals surface area contributed by atoms with Crippen molar-refractivity contribution in [1.29, 1.82) is 0 Å². The van der Waals surface area contributed by atoms with Crippen molar-refractivity contribution < 1.29 is 18.4 Å². The first-order valence-electron chi connectivity index (χ1n) is 8.17. The summed E-state index contributed by atoms with van der Waals surface area (Å²) in [7, 11) is 0. The number of nitrogens with one attached hydrogen (secondary N) is 2. The van der Waals surface area contributed by atoms with Crippen LogP contribution in [0.25, 0.3) is 11.3 Å². The van der Waals surface area contributed by atoms with E-state index in [2.05, 4.69) is 15.6 Å². The van der Waals surface area contributed by atoms with Gasteiger partial charge in [-0.2, -0.15) is 0 Å². The van der Waals surface area contributed by atoms with Gasteiger partial charge < -0.3 is 10.6 Å². The molecule has 0 bridgehead atoms. The molecule has 1 aromatic heterocycles. The van der Waals surface area contributed by atoms with E-state index >= 15 is 0 Å². The van der Waals surface area contributed by atoms with Crippen LogP contribution < -0.4 is 10.6 Å². The Balaban J connectivity index is 1.53. The monoisotopic (exact) mass is 421 g/mol. The summed E-state index contributed by atoms with van der Waals surface area (Å²) in [5, 5.41) is 7.27. The summed E-state index contributed by atoms with van der Waals surface area (Å²) in [6.07, 6.45) is 0.0133. The standard InChI is InChI=1S/C19H14ClF2N3O2S/c20-14-4-2-1-3-12(14)18(27)23-8-7-17(26)25-19-24-16(10-28-19)13-9-11(21)5-6-15(13)22/h1-6,9-10H,7-8H2,(H,23,27)(H,24,25,26). The number of carbonyl (C=O) groups is 2. The summed E-state index contributed by atoms with van der Waals surface area (Å²) in [4.78, 5) is 28.1. The highest BCUT2D eigenvalue weighted by molar-refractivity contribution is 7.14. The third-order valence-electron chi connectivity index (χ3n) is 3.71. The van der Waals surface area contributed by atoms with Crippen LogP contribution in [0.1, 0.15) is 16.8 Å². The van der Waals surface area contributed by atoms with Gasteiger partial charge in [-0.15, -0.1) is 11.3 Å². The van der Waals surface area contributed by atoms with E-state index in [9.17, 15) is 18.4 Å². The molecule has 9 heteroatoms. The Bertz CT molecular complexity index is 1030. The molecule has 0 aliphatic carbocycles. The normalized spacial score (nSPS) is 10.5. The number of thiazole rings is 1. The van der Waals surface area contributed by atoms with Crippen LogP contribution in [-0.2, 0) is 4.79 Å². The molecule has 3 aromatic rings. The summed E-state index contributed by atoms with van der Waals surface area (Å²) in [5.41, 5.74) is 0.569. The molecule has 0 saturated carbocycles. The number of anilines is 1. The predicted molar refractivity (Wildman–Crippen MR) is 104 cm³/mol. The molecular weight excluding hydrogens is 408 g/mol. The minimum absolute atomic E-state index is 0.0133. The Morgan fingerprint density at radius 2 is 1.93 bits per heavy atom. The highest BCUT2D eigenvalue weighted by Gasteiger charge is 2.13. The van der Waals surface area contributed by atoms with Gasteiger partial charge >= 0.3 is 0 Å². The molecule has 28 heavy (non-hydrogen) atoms. The number of halogens is 3. The molecule has 0 saturated heterocycles. The number of hydrogen-bond acceptors (Lipinski definition) is 4. The molecule has 2 amide bonds. The third kappa shape index (κ3) is 4.90. The molecule has 0 unspecified atom stereocenters. The van der Waals surface area contributed by atoms with Gasteiger partial charge in [0.05, 0.1) is 16.3 Å². The number of benzene rings is 2. The van der Waals surface area contributed by atoms with Gasteiger partial charge in [0.2, 0.25) is 5.91 Å². The Morgan fingerprint density at radius 1 is 1.14 bits per heavy atom. The third-order valence-corrected chi connectivity index (χ3v) is 4.80. The van der Waals surface area contributed by atoms with Gasteiger partial charge in [0, 0.05) is 23.9 Å². The van der Waals surface area contributed by atoms with Crippen molar-refractivity contribution in [2.45, 2.75) is 6.42 Å². The number of aromatic nitrogens is 1. The zero-order valence-corrected chi connectivity index (χ0v) is 15.9. The fourth-order valence-electron chi connectivity index (χ4n) is 2.36. The number of nitrogens with zero attached hydrogens (tertiary/aromatic N) is 1. The molecule has 0 aliphatic heterocycles. The molecule has 5 nitrogen and oxygen atoms in total. The van der Waals surface area contributed by atoms with Crippen LogP contribution in [0.5, 0.6) is 0 Å². The first kappa shape index (κ1) is 19.9. The number of hydrogen-bond donors (Lipinski definition) is 2. The maximum Gasteiger partial charge on any atom is 0.252 e. The van der Waals surface area contributed by atoms with Gasteiger partial charge in [0.25, 0.3) is 5.91 Å². The first-order valence-corrected chi connectivity index (χ1v) is 9.43. The lowest BCUT2D eigenvalue weighted by molar-refractivity contribution is -0.116. The van der Waals surface area contributed by atoms with Crippen molar-refractivity contribution in [3.63, 3.8) is 0 Å². The van der Waals surface area contributed by atoms with Crippen molar-refractivity contribution in [2.24, 2.45) is 0 Å². The smallest absolute Gasteiger partial charge is 0.252 e. The lowest BCUT2D eigenvalue weighted by Crippen LogP contribution is -2.27. The minimum Gasteiger partial charge on any atom is -0.351 e. The van der Waals surface area contributed by atoms with Crippen molar-refractivity contribution in [3.05, 3.63) is 70.1 Å². The number of rotatable bonds is 6. The molecule has 2 N–H and O–H groups in total. The summed E-state index contributed by atoms with van der Waals surface area (Å²) in [6, 6.07) is 9.67. The maximum atomic E-state index is 13.8. The summed E-state index contributed by atoms with van der Waals surface area (Å²) in [5.74, 6) is -1.94. The quantitative estimate of drug-likeness (QED) is 0.615. The van der Waals surface area contributed by atoms with Crippen molar-refractivity contribution in [3.8, 4) is 11.3 Å². The SMILES string of the molecule is O=C(CCNC(=O)c1ccccc1Cl)Nc1nc(-c2cc(F)ccc2F)cs1. The van der Waals surface area contributed by atoms with E-state index in [-0.39, 0.29) is 41.2 Å². The lowest BCUT2D eigenvalue weighted by atomic mass is 10.1. The average molecular weight is 422 g/mol. The molecule has 0 atom stereocenters. The van der Waals surface area contributed by atoms with Crippen LogP contribution in [-0.4, -0.2) is 23.3 Å². The van der Waals surface area contributed by atoms with Gasteiger partial charge in [0.15, 0.2) is 5.13 Å². The van der Waals surface area contributed by atoms with Crippen molar-refractivity contribution in [1.82, 2.24) is 10.3 Å². The van der Waals surface area contributed by atoms with Gasteiger partial charge in [0.1, 0.15) is 11.6 Å². The lowest BCUT2D eigenvalue weighted by Gasteiger charge is -2.06. The Hall–Kier alpha value is -2.84. The fraction of sp³-hybridized carbons (Fsp3) is 0.105. The van der Waals surface area contributed by atoms with Gasteiger partial charge in [-0.1, -0.05) is 23.7 Å².